The van der Waals surface area contributed by atoms with E-state index in [4.69, 9.17) is 10.5 Å². The molecule has 1 atom stereocenters. The fourth-order valence-electron chi connectivity index (χ4n) is 1.38. The fraction of sp³-hybridized carbons (Fsp3) is 0.222. The second-order valence-corrected chi connectivity index (χ2v) is 3.91. The average Bonchev–Trinajstić information content (AvgIpc) is 2.32. The zero-order chi connectivity index (χ0) is 9.59. The summed E-state index contributed by atoms with van der Waals surface area (Å²) in [7, 11) is 0. The van der Waals surface area contributed by atoms with Crippen molar-refractivity contribution in [3.63, 3.8) is 0 Å². The number of rotatable bonds is 0. The predicted molar refractivity (Wildman–Crippen MR) is 53.0 cm³/mol. The van der Waals surface area contributed by atoms with Crippen LogP contribution in [0.4, 0.5) is 5.69 Å². The van der Waals surface area contributed by atoms with Gasteiger partial charge in [0, 0.05) is 4.47 Å². The van der Waals surface area contributed by atoms with Crippen LogP contribution in [0.15, 0.2) is 16.6 Å². The van der Waals surface area contributed by atoms with Gasteiger partial charge in [-0.05, 0) is 19.1 Å². The molecule has 0 saturated heterocycles. The van der Waals surface area contributed by atoms with Gasteiger partial charge in [-0.15, -0.1) is 0 Å². The highest BCUT2D eigenvalue weighted by molar-refractivity contribution is 9.10. The number of nitrogen functional groups attached to an aromatic ring is 1. The molecule has 1 aromatic carbocycles. The third kappa shape index (κ3) is 1.21. The van der Waals surface area contributed by atoms with Gasteiger partial charge >= 0.3 is 0 Å². The molecule has 1 heterocycles. The Morgan fingerprint density at radius 2 is 2.23 bits per heavy atom. The third-order valence-electron chi connectivity index (χ3n) is 2.01. The van der Waals surface area contributed by atoms with Crippen LogP contribution in [-0.4, -0.2) is 11.9 Å². The molecular weight excluding hydrogens is 234 g/mol. The van der Waals surface area contributed by atoms with Crippen LogP contribution in [0.2, 0.25) is 0 Å². The molecule has 0 bridgehead atoms. The Bertz CT molecular complexity index is 389. The predicted octanol–water partition coefficient (Wildman–Crippen LogP) is 1.99. The van der Waals surface area contributed by atoms with Crippen molar-refractivity contribution in [1.82, 2.24) is 0 Å². The zero-order valence-corrected chi connectivity index (χ0v) is 8.59. The zero-order valence-electron chi connectivity index (χ0n) is 7.00. The van der Waals surface area contributed by atoms with Gasteiger partial charge in [-0.2, -0.15) is 0 Å². The molecule has 0 saturated carbocycles. The van der Waals surface area contributed by atoms with Crippen LogP contribution in [0.3, 0.4) is 0 Å². The summed E-state index contributed by atoms with van der Waals surface area (Å²) in [6.45, 7) is 1.72. The first-order valence-corrected chi connectivity index (χ1v) is 4.69. The molecule has 4 heteroatoms. The van der Waals surface area contributed by atoms with Gasteiger partial charge in [-0.3, -0.25) is 4.79 Å². The standard InChI is InChI=1S/C9H8BrNO2/c1-4-8(12)6-2-5(10)3-7(11)9(6)13-4/h2-4H,11H2,1H3. The summed E-state index contributed by atoms with van der Waals surface area (Å²) in [5.74, 6) is 0.503. The number of ketones is 1. The molecular formula is C9H8BrNO2. The molecule has 1 aliphatic rings. The first-order valence-electron chi connectivity index (χ1n) is 3.89. The van der Waals surface area contributed by atoms with Crippen molar-refractivity contribution in [3.8, 4) is 5.75 Å². The van der Waals surface area contributed by atoms with E-state index >= 15 is 0 Å². The number of halogens is 1. The molecule has 0 aliphatic carbocycles. The van der Waals surface area contributed by atoms with E-state index in [9.17, 15) is 4.79 Å². The number of hydrogen-bond acceptors (Lipinski definition) is 3. The molecule has 0 fully saturated rings. The Hall–Kier alpha value is -1.03. The van der Waals surface area contributed by atoms with E-state index in [1.54, 1.807) is 19.1 Å². The number of hydrogen-bond donors (Lipinski definition) is 1. The lowest BCUT2D eigenvalue weighted by atomic mass is 10.1. The Balaban J connectivity index is 2.64. The summed E-state index contributed by atoms with van der Waals surface area (Å²) in [4.78, 5) is 11.5. The molecule has 0 amide bonds. The fourth-order valence-corrected chi connectivity index (χ4v) is 1.85. The van der Waals surface area contributed by atoms with E-state index in [1.807, 2.05) is 0 Å². The quantitative estimate of drug-likeness (QED) is 0.708. The molecule has 2 N–H and O–H groups in total. The molecule has 68 valence electrons. The first-order chi connectivity index (χ1) is 6.09. The van der Waals surface area contributed by atoms with Crippen LogP contribution in [0.1, 0.15) is 17.3 Å². The average molecular weight is 242 g/mol. The highest BCUT2D eigenvalue weighted by Gasteiger charge is 2.30. The van der Waals surface area contributed by atoms with Gasteiger partial charge < -0.3 is 10.5 Å². The van der Waals surface area contributed by atoms with Crippen LogP contribution < -0.4 is 10.5 Å². The number of nitrogens with two attached hydrogens (primary N) is 1. The maximum Gasteiger partial charge on any atom is 0.206 e. The molecule has 2 rings (SSSR count). The van der Waals surface area contributed by atoms with E-state index in [0.29, 0.717) is 17.0 Å². The van der Waals surface area contributed by atoms with Gasteiger partial charge in [-0.25, -0.2) is 0 Å². The number of fused-ring (bicyclic) bond motifs is 1. The van der Waals surface area contributed by atoms with Crippen molar-refractivity contribution >= 4 is 27.4 Å². The normalized spacial score (nSPS) is 19.8. The number of benzene rings is 1. The van der Waals surface area contributed by atoms with Crippen molar-refractivity contribution in [2.45, 2.75) is 13.0 Å². The summed E-state index contributed by atoms with van der Waals surface area (Å²) < 4.78 is 6.11. The van der Waals surface area contributed by atoms with E-state index in [1.165, 1.54) is 0 Å². The molecule has 13 heavy (non-hydrogen) atoms. The van der Waals surface area contributed by atoms with E-state index in [0.717, 1.165) is 4.47 Å². The van der Waals surface area contributed by atoms with Crippen molar-refractivity contribution in [2.75, 3.05) is 5.73 Å². The van der Waals surface area contributed by atoms with Crippen LogP contribution in [0.5, 0.6) is 5.75 Å². The monoisotopic (exact) mass is 241 g/mol. The Morgan fingerprint density at radius 1 is 1.54 bits per heavy atom. The first kappa shape index (κ1) is 8.56. The van der Waals surface area contributed by atoms with Crippen LogP contribution >= 0.6 is 15.9 Å². The summed E-state index contributed by atoms with van der Waals surface area (Å²) >= 11 is 3.28. The molecule has 3 nitrogen and oxygen atoms in total. The van der Waals surface area contributed by atoms with Crippen molar-refractivity contribution in [2.24, 2.45) is 0 Å². The Kier molecular flexibility index (Phi) is 1.80. The second kappa shape index (κ2) is 2.73. The molecule has 0 radical (unpaired) electrons. The third-order valence-corrected chi connectivity index (χ3v) is 2.47. The summed E-state index contributed by atoms with van der Waals surface area (Å²) in [6, 6.07) is 3.46. The topological polar surface area (TPSA) is 52.3 Å². The number of carbonyl (C=O) groups excluding carboxylic acids is 1. The Morgan fingerprint density at radius 3 is 2.92 bits per heavy atom. The summed E-state index contributed by atoms with van der Waals surface area (Å²) in [5.41, 5.74) is 6.76. The number of anilines is 1. The lowest BCUT2D eigenvalue weighted by Gasteiger charge is -2.03. The second-order valence-electron chi connectivity index (χ2n) is 3.00. The van der Waals surface area contributed by atoms with Crippen molar-refractivity contribution in [1.29, 1.82) is 0 Å². The smallest absolute Gasteiger partial charge is 0.206 e. The van der Waals surface area contributed by atoms with Gasteiger partial charge in [0.25, 0.3) is 0 Å². The van der Waals surface area contributed by atoms with Gasteiger partial charge in [0.05, 0.1) is 11.3 Å². The number of carbonyl (C=O) groups is 1. The van der Waals surface area contributed by atoms with Crippen LogP contribution in [0.25, 0.3) is 0 Å². The molecule has 1 aliphatic heterocycles. The lowest BCUT2D eigenvalue weighted by Crippen LogP contribution is -2.14. The van der Waals surface area contributed by atoms with E-state index in [2.05, 4.69) is 15.9 Å². The molecule has 1 unspecified atom stereocenters. The number of ether oxygens (including phenoxy) is 1. The maximum absolute atomic E-state index is 11.5. The van der Waals surface area contributed by atoms with Crippen LogP contribution in [0, 0.1) is 0 Å². The van der Waals surface area contributed by atoms with Crippen LogP contribution in [-0.2, 0) is 0 Å². The minimum atomic E-state index is -0.411. The van der Waals surface area contributed by atoms with Gasteiger partial charge in [0.15, 0.2) is 11.9 Å². The summed E-state index contributed by atoms with van der Waals surface area (Å²) in [5, 5.41) is 0. The van der Waals surface area contributed by atoms with Gasteiger partial charge in [0.2, 0.25) is 5.78 Å². The van der Waals surface area contributed by atoms with E-state index < -0.39 is 6.10 Å². The highest BCUT2D eigenvalue weighted by Crippen LogP contribution is 2.36. The van der Waals surface area contributed by atoms with Crippen molar-refractivity contribution in [3.05, 3.63) is 22.2 Å². The minimum absolute atomic E-state index is 0.0111. The molecule has 0 aromatic heterocycles. The maximum atomic E-state index is 11.5. The van der Waals surface area contributed by atoms with Gasteiger partial charge in [0.1, 0.15) is 0 Å². The van der Waals surface area contributed by atoms with E-state index in [-0.39, 0.29) is 5.78 Å². The van der Waals surface area contributed by atoms with Gasteiger partial charge in [-0.1, -0.05) is 15.9 Å². The summed E-state index contributed by atoms with van der Waals surface area (Å²) in [6.07, 6.45) is -0.411. The largest absolute Gasteiger partial charge is 0.480 e. The Labute approximate surface area is 84.0 Å². The minimum Gasteiger partial charge on any atom is -0.480 e. The van der Waals surface area contributed by atoms with Crippen molar-refractivity contribution < 1.29 is 9.53 Å². The lowest BCUT2D eigenvalue weighted by molar-refractivity contribution is 0.0879. The SMILES string of the molecule is CC1Oc2c(N)cc(Br)cc2C1=O. The highest BCUT2D eigenvalue weighted by atomic mass is 79.9. The number of Topliss-reactive ketones (excluding diaryl/α,β-unsaturated/α-hetero) is 1. The molecule has 1 aromatic rings. The molecule has 0 spiro atoms.